The number of halogens is 2. The number of aromatic nitrogens is 3. The van der Waals surface area contributed by atoms with Gasteiger partial charge >= 0.3 is 0 Å². The van der Waals surface area contributed by atoms with Crippen LogP contribution in [-0.4, -0.2) is 47.2 Å². The van der Waals surface area contributed by atoms with Crippen molar-refractivity contribution in [2.75, 3.05) is 19.8 Å². The molecule has 0 aliphatic carbocycles. The van der Waals surface area contributed by atoms with Crippen molar-refractivity contribution in [2.24, 2.45) is 0 Å². The zero-order valence-electron chi connectivity index (χ0n) is 16.2. The molecule has 0 N–H and O–H groups in total. The molecule has 8 nitrogen and oxygen atoms in total. The molecule has 3 aromatic rings. The van der Waals surface area contributed by atoms with Crippen molar-refractivity contribution in [1.82, 2.24) is 19.1 Å². The fourth-order valence-corrected chi connectivity index (χ4v) is 4.97. The number of sulfonamides is 1. The average molecular weight is 438 g/mol. The van der Waals surface area contributed by atoms with Crippen LogP contribution in [0.15, 0.2) is 40.2 Å². The van der Waals surface area contributed by atoms with Crippen LogP contribution in [-0.2, 0) is 34.3 Å². The number of oxazole rings is 1. The fourth-order valence-electron chi connectivity index (χ4n) is 3.51. The summed E-state index contributed by atoms with van der Waals surface area (Å²) in [6.45, 7) is 3.62. The molecule has 0 spiro atoms. The maximum atomic E-state index is 13.6. The summed E-state index contributed by atoms with van der Waals surface area (Å²) in [7, 11) is -4.10. The summed E-state index contributed by atoms with van der Waals surface area (Å²) < 4.78 is 66.7. The summed E-state index contributed by atoms with van der Waals surface area (Å²) in [6.07, 6.45) is 3.10. The zero-order chi connectivity index (χ0) is 21.3. The van der Waals surface area contributed by atoms with Gasteiger partial charge in [-0.1, -0.05) is 0 Å². The minimum Gasteiger partial charge on any atom is -0.451 e. The van der Waals surface area contributed by atoms with Gasteiger partial charge in [0.05, 0.1) is 18.0 Å². The average Bonchev–Trinajstić information content (AvgIpc) is 3.35. The Morgan fingerprint density at radius 2 is 2.00 bits per heavy atom. The number of ether oxygens (including phenoxy) is 1. The van der Waals surface area contributed by atoms with Crippen molar-refractivity contribution in [1.29, 1.82) is 0 Å². The molecular weight excluding hydrogens is 418 g/mol. The first-order valence-electron chi connectivity index (χ1n) is 9.41. The van der Waals surface area contributed by atoms with Crippen molar-refractivity contribution >= 4 is 10.0 Å². The molecule has 30 heavy (non-hydrogen) atoms. The highest BCUT2D eigenvalue weighted by Crippen LogP contribution is 2.32. The second kappa shape index (κ2) is 8.25. The Labute approximate surface area is 172 Å². The Kier molecular flexibility index (Phi) is 5.67. The van der Waals surface area contributed by atoms with E-state index in [1.807, 2.05) is 6.92 Å². The molecule has 11 heteroatoms. The first kappa shape index (κ1) is 20.6. The summed E-state index contributed by atoms with van der Waals surface area (Å²) in [4.78, 5) is 3.71. The van der Waals surface area contributed by atoms with Crippen molar-refractivity contribution in [3.63, 3.8) is 0 Å². The van der Waals surface area contributed by atoms with E-state index in [0.29, 0.717) is 49.2 Å². The monoisotopic (exact) mass is 438 g/mol. The van der Waals surface area contributed by atoms with Crippen LogP contribution >= 0.6 is 0 Å². The van der Waals surface area contributed by atoms with Crippen LogP contribution < -0.4 is 0 Å². The van der Waals surface area contributed by atoms with Crippen molar-refractivity contribution in [2.45, 2.75) is 31.3 Å². The third kappa shape index (κ3) is 3.87. The molecule has 0 saturated heterocycles. The van der Waals surface area contributed by atoms with Crippen LogP contribution in [0.1, 0.15) is 18.2 Å². The molecule has 1 aromatic carbocycles. The number of nitrogens with zero attached hydrogens (tertiary/aromatic N) is 4. The lowest BCUT2D eigenvalue weighted by atomic mass is 10.1. The number of benzene rings is 1. The van der Waals surface area contributed by atoms with Gasteiger partial charge in [-0.15, -0.1) is 0 Å². The minimum atomic E-state index is -4.10. The Balaban J connectivity index is 1.70. The van der Waals surface area contributed by atoms with Crippen molar-refractivity contribution in [3.05, 3.63) is 53.7 Å². The molecule has 4 rings (SSSR count). The van der Waals surface area contributed by atoms with E-state index in [9.17, 15) is 17.2 Å². The number of rotatable bonds is 7. The summed E-state index contributed by atoms with van der Waals surface area (Å²) in [6, 6.07) is 2.27. The largest absolute Gasteiger partial charge is 0.451 e. The highest BCUT2D eigenvalue weighted by molar-refractivity contribution is 7.89. The molecule has 1 aliphatic rings. The molecule has 0 saturated carbocycles. The Morgan fingerprint density at radius 3 is 2.67 bits per heavy atom. The molecule has 0 atom stereocenters. The predicted molar refractivity (Wildman–Crippen MR) is 102 cm³/mol. The molecule has 0 fully saturated rings. The minimum absolute atomic E-state index is 0.00657. The van der Waals surface area contributed by atoms with Gasteiger partial charge in [-0.3, -0.25) is 4.68 Å². The highest BCUT2D eigenvalue weighted by Gasteiger charge is 2.33. The lowest BCUT2D eigenvalue weighted by Gasteiger charge is -2.27. The van der Waals surface area contributed by atoms with Crippen molar-refractivity contribution in [3.8, 4) is 11.4 Å². The van der Waals surface area contributed by atoms with Crippen LogP contribution in [0.2, 0.25) is 0 Å². The third-order valence-corrected chi connectivity index (χ3v) is 6.72. The van der Waals surface area contributed by atoms with E-state index < -0.39 is 26.6 Å². The molecular formula is C19H20F2N4O4S. The van der Waals surface area contributed by atoms with Gasteiger partial charge in [0, 0.05) is 43.4 Å². The van der Waals surface area contributed by atoms with Crippen LogP contribution in [0.5, 0.6) is 0 Å². The Hall–Kier alpha value is -2.63. The lowest BCUT2D eigenvalue weighted by Crippen LogP contribution is -2.36. The topological polar surface area (TPSA) is 90.5 Å². The molecule has 0 bridgehead atoms. The molecule has 0 amide bonds. The van der Waals surface area contributed by atoms with E-state index in [1.54, 1.807) is 4.68 Å². The van der Waals surface area contributed by atoms with E-state index in [2.05, 4.69) is 10.1 Å². The maximum absolute atomic E-state index is 13.6. The van der Waals surface area contributed by atoms with E-state index in [0.717, 1.165) is 17.8 Å². The summed E-state index contributed by atoms with van der Waals surface area (Å²) in [5, 5.41) is 4.60. The molecule has 0 unspecified atom stereocenters. The third-order valence-electron chi connectivity index (χ3n) is 4.90. The maximum Gasteiger partial charge on any atom is 0.243 e. The quantitative estimate of drug-likeness (QED) is 0.527. The van der Waals surface area contributed by atoms with Gasteiger partial charge in [0.25, 0.3) is 0 Å². The second-order valence-corrected chi connectivity index (χ2v) is 8.70. The number of hydrogen-bond donors (Lipinski definition) is 0. The van der Waals surface area contributed by atoms with E-state index in [-0.39, 0.29) is 13.1 Å². The summed E-state index contributed by atoms with van der Waals surface area (Å²) >= 11 is 0. The SMILES string of the molecule is CCOCCn1nc(-c2cocn2)c2c1CCN(S(=O)(=O)c1cc(F)cc(F)c1)C2. The molecule has 0 radical (unpaired) electrons. The molecule has 2 aromatic heterocycles. The van der Waals surface area contributed by atoms with Gasteiger partial charge in [-0.05, 0) is 19.1 Å². The van der Waals surface area contributed by atoms with E-state index in [4.69, 9.17) is 9.15 Å². The second-order valence-electron chi connectivity index (χ2n) is 6.76. The standard InChI is InChI=1S/C19H20F2N4O4S/c1-2-28-6-5-25-18-3-4-24(10-16(18)19(23-25)17-11-29-12-22-17)30(26,27)15-8-13(20)7-14(21)9-15/h7-9,11-12H,2-6,10H2,1H3. The summed E-state index contributed by atoms with van der Waals surface area (Å²) in [5.74, 6) is -1.89. The van der Waals surface area contributed by atoms with Gasteiger partial charge in [0.2, 0.25) is 10.0 Å². The van der Waals surface area contributed by atoms with Crippen LogP contribution in [0, 0.1) is 11.6 Å². The van der Waals surface area contributed by atoms with Crippen LogP contribution in [0.3, 0.4) is 0 Å². The first-order chi connectivity index (χ1) is 14.4. The fraction of sp³-hybridized carbons (Fsp3) is 0.368. The van der Waals surface area contributed by atoms with Gasteiger partial charge in [0.15, 0.2) is 6.39 Å². The zero-order valence-corrected chi connectivity index (χ0v) is 17.0. The molecule has 160 valence electrons. The number of hydrogen-bond acceptors (Lipinski definition) is 6. The first-order valence-corrected chi connectivity index (χ1v) is 10.8. The van der Waals surface area contributed by atoms with Gasteiger partial charge in [0.1, 0.15) is 29.3 Å². The van der Waals surface area contributed by atoms with E-state index >= 15 is 0 Å². The van der Waals surface area contributed by atoms with Gasteiger partial charge < -0.3 is 9.15 Å². The summed E-state index contributed by atoms with van der Waals surface area (Å²) in [5.41, 5.74) is 2.56. The van der Waals surface area contributed by atoms with E-state index in [1.165, 1.54) is 17.0 Å². The number of fused-ring (bicyclic) bond motifs is 1. The van der Waals surface area contributed by atoms with Gasteiger partial charge in [-0.25, -0.2) is 22.2 Å². The van der Waals surface area contributed by atoms with Crippen LogP contribution in [0.4, 0.5) is 8.78 Å². The lowest BCUT2D eigenvalue weighted by molar-refractivity contribution is 0.135. The van der Waals surface area contributed by atoms with Crippen LogP contribution in [0.25, 0.3) is 11.4 Å². The smallest absolute Gasteiger partial charge is 0.243 e. The van der Waals surface area contributed by atoms with Crippen molar-refractivity contribution < 1.29 is 26.4 Å². The molecule has 1 aliphatic heterocycles. The van der Waals surface area contributed by atoms with Gasteiger partial charge in [-0.2, -0.15) is 9.40 Å². The molecule has 3 heterocycles. The Bertz CT molecular complexity index is 1130. The highest BCUT2D eigenvalue weighted by atomic mass is 32.2. The Morgan fingerprint density at radius 1 is 1.23 bits per heavy atom. The predicted octanol–water partition coefficient (Wildman–Crippen LogP) is 2.60. The normalized spacial score (nSPS) is 14.8.